The molecule has 5 nitrogen and oxygen atoms in total. The minimum atomic E-state index is -0.170. The number of pyridine rings is 1. The molecule has 0 aliphatic heterocycles. The van der Waals surface area contributed by atoms with Gasteiger partial charge in [0, 0.05) is 23.2 Å². The summed E-state index contributed by atoms with van der Waals surface area (Å²) >= 11 is 1.31. The van der Waals surface area contributed by atoms with Gasteiger partial charge in [0.25, 0.3) is 0 Å². The van der Waals surface area contributed by atoms with Crippen molar-refractivity contribution in [2.24, 2.45) is 5.84 Å². The first-order valence-corrected chi connectivity index (χ1v) is 6.29. The maximum absolute atomic E-state index is 5.65. The van der Waals surface area contributed by atoms with Crippen LogP contribution in [0.1, 0.15) is 17.3 Å². The van der Waals surface area contributed by atoms with Crippen LogP contribution in [0.5, 0.6) is 0 Å². The van der Waals surface area contributed by atoms with E-state index in [0.717, 1.165) is 22.0 Å². The molecule has 0 spiro atoms. The smallest absolute Gasteiger partial charge is 0.0983 e. The van der Waals surface area contributed by atoms with Crippen LogP contribution in [0.3, 0.4) is 0 Å². The monoisotopic (exact) mass is 257 g/mol. The van der Waals surface area contributed by atoms with E-state index in [1.165, 1.54) is 11.5 Å². The zero-order valence-corrected chi connectivity index (χ0v) is 10.3. The van der Waals surface area contributed by atoms with Crippen LogP contribution in [0.15, 0.2) is 42.0 Å². The molecule has 6 heteroatoms. The standard InChI is InChI=1S/C12H11N5S/c13-15-12(11-7-18-17-16-11)9-3-1-2-8-4-5-14-6-10(8)9/h1-7,12,15H,13H2. The predicted octanol–water partition coefficient (Wildman–Crippen LogP) is 1.64. The minimum absolute atomic E-state index is 0.170. The normalized spacial score (nSPS) is 12.7. The van der Waals surface area contributed by atoms with Crippen LogP contribution in [-0.4, -0.2) is 14.6 Å². The number of rotatable bonds is 3. The van der Waals surface area contributed by atoms with Crippen molar-refractivity contribution >= 4 is 22.3 Å². The van der Waals surface area contributed by atoms with E-state index in [1.54, 1.807) is 6.20 Å². The van der Waals surface area contributed by atoms with E-state index >= 15 is 0 Å². The van der Waals surface area contributed by atoms with Crippen molar-refractivity contribution in [1.29, 1.82) is 0 Å². The minimum Gasteiger partial charge on any atom is -0.271 e. The van der Waals surface area contributed by atoms with Gasteiger partial charge in [-0.3, -0.25) is 10.8 Å². The number of aromatic nitrogens is 3. The predicted molar refractivity (Wildman–Crippen MR) is 70.8 cm³/mol. The summed E-state index contributed by atoms with van der Waals surface area (Å²) in [4.78, 5) is 4.17. The zero-order valence-electron chi connectivity index (χ0n) is 9.45. The van der Waals surface area contributed by atoms with Crippen LogP contribution in [0.4, 0.5) is 0 Å². The van der Waals surface area contributed by atoms with Gasteiger partial charge in [0.2, 0.25) is 0 Å². The molecule has 0 saturated carbocycles. The Morgan fingerprint density at radius 3 is 3.00 bits per heavy atom. The van der Waals surface area contributed by atoms with Crippen molar-refractivity contribution in [1.82, 2.24) is 20.0 Å². The average Bonchev–Trinajstić information content (AvgIpc) is 2.94. The molecule has 3 rings (SSSR count). The quantitative estimate of drug-likeness (QED) is 0.551. The van der Waals surface area contributed by atoms with Crippen LogP contribution in [0, 0.1) is 0 Å². The van der Waals surface area contributed by atoms with Gasteiger partial charge in [-0.15, -0.1) is 5.10 Å². The molecule has 2 aromatic heterocycles. The molecule has 0 saturated heterocycles. The molecule has 0 radical (unpaired) electrons. The third-order valence-electron chi connectivity index (χ3n) is 2.87. The van der Waals surface area contributed by atoms with Crippen molar-refractivity contribution in [2.75, 3.05) is 0 Å². The number of benzene rings is 1. The van der Waals surface area contributed by atoms with Gasteiger partial charge >= 0.3 is 0 Å². The summed E-state index contributed by atoms with van der Waals surface area (Å²) in [5.74, 6) is 5.65. The van der Waals surface area contributed by atoms with Crippen LogP contribution in [-0.2, 0) is 0 Å². The van der Waals surface area contributed by atoms with Gasteiger partial charge in [-0.1, -0.05) is 22.7 Å². The van der Waals surface area contributed by atoms with Gasteiger partial charge in [-0.05, 0) is 28.5 Å². The molecular weight excluding hydrogens is 246 g/mol. The molecule has 0 fully saturated rings. The molecule has 1 aromatic carbocycles. The fourth-order valence-corrected chi connectivity index (χ4v) is 2.50. The Morgan fingerprint density at radius 1 is 1.28 bits per heavy atom. The van der Waals surface area contributed by atoms with E-state index < -0.39 is 0 Å². The van der Waals surface area contributed by atoms with Gasteiger partial charge in [-0.25, -0.2) is 5.43 Å². The molecule has 3 aromatic rings. The van der Waals surface area contributed by atoms with Crippen molar-refractivity contribution in [3.63, 3.8) is 0 Å². The summed E-state index contributed by atoms with van der Waals surface area (Å²) in [6, 6.07) is 7.88. The summed E-state index contributed by atoms with van der Waals surface area (Å²) in [6.45, 7) is 0. The van der Waals surface area contributed by atoms with E-state index in [0.29, 0.717) is 0 Å². The molecule has 18 heavy (non-hydrogen) atoms. The average molecular weight is 257 g/mol. The Labute approximate surface area is 108 Å². The fourth-order valence-electron chi connectivity index (χ4n) is 2.02. The van der Waals surface area contributed by atoms with E-state index in [9.17, 15) is 0 Å². The summed E-state index contributed by atoms with van der Waals surface area (Å²) in [6.07, 6.45) is 3.62. The highest BCUT2D eigenvalue weighted by Crippen LogP contribution is 2.27. The molecule has 1 atom stereocenters. The van der Waals surface area contributed by atoms with Gasteiger partial charge in [0.05, 0.1) is 11.7 Å². The van der Waals surface area contributed by atoms with E-state index in [4.69, 9.17) is 5.84 Å². The Balaban J connectivity index is 2.18. The Hall–Kier alpha value is -1.89. The van der Waals surface area contributed by atoms with Crippen molar-refractivity contribution in [2.45, 2.75) is 6.04 Å². The molecule has 0 aliphatic rings. The van der Waals surface area contributed by atoms with Gasteiger partial charge < -0.3 is 0 Å². The first-order valence-electron chi connectivity index (χ1n) is 5.46. The van der Waals surface area contributed by atoms with Crippen molar-refractivity contribution in [3.05, 3.63) is 53.3 Å². The van der Waals surface area contributed by atoms with Crippen molar-refractivity contribution in [3.8, 4) is 0 Å². The third-order valence-corrected chi connectivity index (χ3v) is 3.39. The van der Waals surface area contributed by atoms with Crippen LogP contribution >= 0.6 is 11.5 Å². The number of hydrogen-bond acceptors (Lipinski definition) is 6. The van der Waals surface area contributed by atoms with Gasteiger partial charge in [0.15, 0.2) is 0 Å². The molecule has 90 valence electrons. The maximum atomic E-state index is 5.65. The second kappa shape index (κ2) is 4.77. The van der Waals surface area contributed by atoms with Gasteiger partial charge in [0.1, 0.15) is 0 Å². The van der Waals surface area contributed by atoms with E-state index in [2.05, 4.69) is 20.0 Å². The topological polar surface area (TPSA) is 76.7 Å². The largest absolute Gasteiger partial charge is 0.271 e. The first-order chi connectivity index (χ1) is 8.90. The number of nitrogens with one attached hydrogen (secondary N) is 1. The number of nitrogens with two attached hydrogens (primary N) is 1. The van der Waals surface area contributed by atoms with Gasteiger partial charge in [-0.2, -0.15) is 0 Å². The maximum Gasteiger partial charge on any atom is 0.0983 e. The lowest BCUT2D eigenvalue weighted by atomic mass is 9.99. The molecule has 0 bridgehead atoms. The summed E-state index contributed by atoms with van der Waals surface area (Å²) in [5.41, 5.74) is 4.66. The zero-order chi connectivity index (χ0) is 12.4. The highest BCUT2D eigenvalue weighted by atomic mass is 32.1. The molecule has 0 amide bonds. The molecular formula is C12H11N5S. The number of hydrogen-bond donors (Lipinski definition) is 2. The summed E-state index contributed by atoms with van der Waals surface area (Å²) < 4.78 is 3.88. The number of fused-ring (bicyclic) bond motifs is 1. The highest BCUT2D eigenvalue weighted by molar-refractivity contribution is 7.03. The SMILES string of the molecule is NNC(c1csnn1)c1cccc2ccncc12. The van der Waals surface area contributed by atoms with E-state index in [1.807, 2.05) is 35.8 Å². The Kier molecular flexibility index (Phi) is 2.97. The van der Waals surface area contributed by atoms with Crippen LogP contribution < -0.4 is 11.3 Å². The molecule has 1 unspecified atom stereocenters. The molecule has 2 heterocycles. The third kappa shape index (κ3) is 1.86. The summed E-state index contributed by atoms with van der Waals surface area (Å²) in [7, 11) is 0. The van der Waals surface area contributed by atoms with Crippen molar-refractivity contribution < 1.29 is 0 Å². The fraction of sp³-hybridized carbons (Fsp3) is 0.0833. The first kappa shape index (κ1) is 11.2. The molecule has 0 aliphatic carbocycles. The Morgan fingerprint density at radius 2 is 2.22 bits per heavy atom. The Bertz CT molecular complexity index is 647. The second-order valence-electron chi connectivity index (χ2n) is 3.87. The van der Waals surface area contributed by atoms with Crippen LogP contribution in [0.2, 0.25) is 0 Å². The highest BCUT2D eigenvalue weighted by Gasteiger charge is 2.17. The molecule has 3 N–H and O–H groups in total. The second-order valence-corrected chi connectivity index (χ2v) is 4.48. The summed E-state index contributed by atoms with van der Waals surface area (Å²) in [5, 5.41) is 8.16. The number of nitrogens with zero attached hydrogens (tertiary/aromatic N) is 3. The van der Waals surface area contributed by atoms with E-state index in [-0.39, 0.29) is 6.04 Å². The lowest BCUT2D eigenvalue weighted by Crippen LogP contribution is -2.29. The lowest BCUT2D eigenvalue weighted by Gasteiger charge is -2.15. The lowest BCUT2D eigenvalue weighted by molar-refractivity contribution is 0.622. The number of hydrazine groups is 1. The van der Waals surface area contributed by atoms with Crippen LogP contribution in [0.25, 0.3) is 10.8 Å².